The lowest BCUT2D eigenvalue weighted by molar-refractivity contribution is -0.118. The van der Waals surface area contributed by atoms with Gasteiger partial charge in [-0.15, -0.1) is 0 Å². The van der Waals surface area contributed by atoms with Crippen LogP contribution in [0.25, 0.3) is 10.3 Å². The Bertz CT molecular complexity index is 1310. The number of anilines is 1. The highest BCUT2D eigenvalue weighted by atomic mass is 32.2. The van der Waals surface area contributed by atoms with E-state index in [0.29, 0.717) is 45.3 Å². The minimum absolute atomic E-state index is 0.125. The van der Waals surface area contributed by atoms with Crippen LogP contribution in [0.5, 0.6) is 5.88 Å². The fraction of sp³-hybridized carbons (Fsp3) is 0.500. The highest BCUT2D eigenvalue weighted by Crippen LogP contribution is 2.36. The summed E-state index contributed by atoms with van der Waals surface area (Å²) < 4.78 is 32.9. The molecule has 0 spiro atoms. The van der Waals surface area contributed by atoms with Gasteiger partial charge in [-0.3, -0.25) is 4.79 Å². The number of aromatic nitrogens is 2. The second-order valence-electron chi connectivity index (χ2n) is 9.66. The van der Waals surface area contributed by atoms with Gasteiger partial charge in [-0.25, -0.2) is 18.4 Å². The van der Waals surface area contributed by atoms with Crippen LogP contribution in [0.4, 0.5) is 5.13 Å². The molecule has 1 unspecified atom stereocenters. The van der Waals surface area contributed by atoms with E-state index in [2.05, 4.69) is 15.3 Å². The van der Waals surface area contributed by atoms with Crippen LogP contribution < -0.4 is 10.1 Å². The number of carbonyl (C=O) groups is 1. The predicted octanol–water partition coefficient (Wildman–Crippen LogP) is 5.18. The number of ether oxygens (including phenoxy) is 1. The maximum Gasteiger partial charge on any atom is 0.243 e. The maximum absolute atomic E-state index is 13.5. The van der Waals surface area contributed by atoms with Crippen LogP contribution in [0.3, 0.4) is 0 Å². The van der Waals surface area contributed by atoms with E-state index in [-0.39, 0.29) is 11.8 Å². The first-order chi connectivity index (χ1) is 17.4. The zero-order valence-electron chi connectivity index (χ0n) is 20.5. The first-order valence-corrected chi connectivity index (χ1v) is 14.9. The Morgan fingerprint density at radius 3 is 2.47 bits per heavy atom. The smallest absolute Gasteiger partial charge is 0.243 e. The number of sulfonamides is 1. The van der Waals surface area contributed by atoms with E-state index in [1.165, 1.54) is 24.2 Å². The molecule has 1 atom stereocenters. The molecule has 0 radical (unpaired) electrons. The van der Waals surface area contributed by atoms with E-state index in [0.717, 1.165) is 44.1 Å². The summed E-state index contributed by atoms with van der Waals surface area (Å²) in [5, 5.41) is 3.50. The number of pyridine rings is 1. The Balaban J connectivity index is 1.37. The van der Waals surface area contributed by atoms with Gasteiger partial charge in [0.15, 0.2) is 5.13 Å². The standard InChI is InChI=1S/C26H32N4O4S2/c1-34-23-14-13-22-25(28-23)35-26(27-22)29-24(31)21(17-18-7-3-4-8-18)19-9-11-20(12-10-19)36(32,33)30-15-5-2-6-16-30/h9-14,18,21H,2-8,15-17H2,1H3,(H,27,29,31). The number of carbonyl (C=O) groups excluding carboxylic acids is 1. The Morgan fingerprint density at radius 2 is 1.78 bits per heavy atom. The molecule has 2 fully saturated rings. The van der Waals surface area contributed by atoms with Gasteiger partial charge >= 0.3 is 0 Å². The average molecular weight is 529 g/mol. The fourth-order valence-electron chi connectivity index (χ4n) is 5.26. The number of amides is 1. The predicted molar refractivity (Wildman–Crippen MR) is 141 cm³/mol. The van der Waals surface area contributed by atoms with E-state index < -0.39 is 10.0 Å². The second kappa shape index (κ2) is 10.8. The number of nitrogens with one attached hydrogen (secondary N) is 1. The van der Waals surface area contributed by atoms with Gasteiger partial charge in [-0.2, -0.15) is 4.31 Å². The summed E-state index contributed by atoms with van der Waals surface area (Å²) in [5.74, 6) is 0.482. The summed E-state index contributed by atoms with van der Waals surface area (Å²) in [6.45, 7) is 1.14. The zero-order valence-corrected chi connectivity index (χ0v) is 22.1. The number of nitrogens with zero attached hydrogens (tertiary/aromatic N) is 3. The summed E-state index contributed by atoms with van der Waals surface area (Å²) in [6.07, 6.45) is 8.23. The molecular weight excluding hydrogens is 496 g/mol. The van der Waals surface area contributed by atoms with Crippen molar-refractivity contribution in [2.24, 2.45) is 5.92 Å². The van der Waals surface area contributed by atoms with Crippen molar-refractivity contribution < 1.29 is 17.9 Å². The van der Waals surface area contributed by atoms with E-state index in [9.17, 15) is 13.2 Å². The molecule has 8 nitrogen and oxygen atoms in total. The molecule has 1 saturated carbocycles. The number of hydrogen-bond acceptors (Lipinski definition) is 7. The monoisotopic (exact) mass is 528 g/mol. The molecule has 0 bridgehead atoms. The van der Waals surface area contributed by atoms with Crippen molar-refractivity contribution in [3.05, 3.63) is 42.0 Å². The first-order valence-electron chi connectivity index (χ1n) is 12.7. The summed E-state index contributed by atoms with van der Waals surface area (Å²) >= 11 is 1.31. The SMILES string of the molecule is COc1ccc2nc(NC(=O)C(CC3CCCC3)c3ccc(S(=O)(=O)N4CCCCC4)cc3)sc2n1. The van der Waals surface area contributed by atoms with Gasteiger partial charge in [0, 0.05) is 19.2 Å². The summed E-state index contributed by atoms with van der Waals surface area (Å²) in [5.41, 5.74) is 1.54. The molecule has 36 heavy (non-hydrogen) atoms. The number of fused-ring (bicyclic) bond motifs is 1. The van der Waals surface area contributed by atoms with Crippen LogP contribution in [-0.4, -0.2) is 48.8 Å². The van der Waals surface area contributed by atoms with Crippen LogP contribution >= 0.6 is 11.3 Å². The number of benzene rings is 1. The topological polar surface area (TPSA) is 101 Å². The van der Waals surface area contributed by atoms with Crippen molar-refractivity contribution in [3.63, 3.8) is 0 Å². The highest BCUT2D eigenvalue weighted by molar-refractivity contribution is 7.89. The van der Waals surface area contributed by atoms with E-state index in [4.69, 9.17) is 4.74 Å². The molecule has 1 N–H and O–H groups in total. The van der Waals surface area contributed by atoms with Gasteiger partial charge in [0.25, 0.3) is 0 Å². The maximum atomic E-state index is 13.5. The Kier molecular flexibility index (Phi) is 7.55. The van der Waals surface area contributed by atoms with Crippen LogP contribution in [0, 0.1) is 5.92 Å². The Labute approximate surface area is 216 Å². The summed E-state index contributed by atoms with van der Waals surface area (Å²) in [6, 6.07) is 10.5. The van der Waals surface area contributed by atoms with Crippen molar-refractivity contribution in [1.29, 1.82) is 0 Å². The first kappa shape index (κ1) is 25.1. The number of rotatable bonds is 8. The molecule has 1 aromatic carbocycles. The number of methoxy groups -OCH3 is 1. The van der Waals surface area contributed by atoms with Gasteiger partial charge in [0.05, 0.1) is 17.9 Å². The third-order valence-corrected chi connectivity index (χ3v) is 10.1. The van der Waals surface area contributed by atoms with E-state index >= 15 is 0 Å². The molecule has 3 heterocycles. The highest BCUT2D eigenvalue weighted by Gasteiger charge is 2.29. The number of hydrogen-bond donors (Lipinski definition) is 1. The Hall–Kier alpha value is -2.56. The molecule has 1 aliphatic carbocycles. The van der Waals surface area contributed by atoms with E-state index in [1.54, 1.807) is 41.7 Å². The van der Waals surface area contributed by atoms with Crippen molar-refractivity contribution in [1.82, 2.24) is 14.3 Å². The van der Waals surface area contributed by atoms with Crippen molar-refractivity contribution in [2.45, 2.75) is 62.2 Å². The summed E-state index contributed by atoms with van der Waals surface area (Å²) in [7, 11) is -1.94. The quantitative estimate of drug-likeness (QED) is 0.432. The van der Waals surface area contributed by atoms with Gasteiger partial charge in [-0.05, 0) is 48.9 Å². The van der Waals surface area contributed by atoms with Crippen LogP contribution in [0.1, 0.15) is 62.8 Å². The van der Waals surface area contributed by atoms with Gasteiger partial charge in [0.2, 0.25) is 21.8 Å². The minimum atomic E-state index is -3.51. The second-order valence-corrected chi connectivity index (χ2v) is 12.6. The molecule has 5 rings (SSSR count). The lowest BCUT2D eigenvalue weighted by Crippen LogP contribution is -2.35. The lowest BCUT2D eigenvalue weighted by Gasteiger charge is -2.26. The van der Waals surface area contributed by atoms with Crippen LogP contribution in [0.2, 0.25) is 0 Å². The van der Waals surface area contributed by atoms with Gasteiger partial charge < -0.3 is 10.1 Å². The van der Waals surface area contributed by atoms with Crippen molar-refractivity contribution in [3.8, 4) is 5.88 Å². The van der Waals surface area contributed by atoms with E-state index in [1.807, 2.05) is 6.07 Å². The third-order valence-electron chi connectivity index (χ3n) is 7.26. The fourth-order valence-corrected chi connectivity index (χ4v) is 7.61. The van der Waals surface area contributed by atoms with Gasteiger partial charge in [-0.1, -0.05) is 55.6 Å². The molecular formula is C26H32N4O4S2. The normalized spacial score (nSPS) is 18.4. The lowest BCUT2D eigenvalue weighted by atomic mass is 9.87. The molecule has 2 aromatic heterocycles. The molecule has 3 aromatic rings. The third kappa shape index (κ3) is 5.40. The average Bonchev–Trinajstić information content (AvgIpc) is 3.56. The number of thiazole rings is 1. The molecule has 1 amide bonds. The minimum Gasteiger partial charge on any atom is -0.481 e. The summed E-state index contributed by atoms with van der Waals surface area (Å²) in [4.78, 5) is 23.4. The van der Waals surface area contributed by atoms with Gasteiger partial charge in [0.1, 0.15) is 10.3 Å². The Morgan fingerprint density at radius 1 is 1.06 bits per heavy atom. The largest absolute Gasteiger partial charge is 0.481 e. The van der Waals surface area contributed by atoms with Crippen molar-refractivity contribution in [2.75, 3.05) is 25.5 Å². The molecule has 192 valence electrons. The molecule has 10 heteroatoms. The zero-order chi connectivity index (χ0) is 25.1. The number of piperidine rings is 1. The molecule has 1 aliphatic heterocycles. The van der Waals surface area contributed by atoms with Crippen LogP contribution in [0.15, 0.2) is 41.3 Å². The molecule has 2 aliphatic rings. The van der Waals surface area contributed by atoms with Crippen LogP contribution in [-0.2, 0) is 14.8 Å². The van der Waals surface area contributed by atoms with Crippen molar-refractivity contribution >= 4 is 42.7 Å². The molecule has 1 saturated heterocycles.